The van der Waals surface area contributed by atoms with Crippen molar-refractivity contribution in [3.05, 3.63) is 39.9 Å². The number of imidazole rings is 1. The molecule has 0 radical (unpaired) electrons. The van der Waals surface area contributed by atoms with Gasteiger partial charge in [0.25, 0.3) is 0 Å². The maximum atomic E-state index is 5.56. The first-order valence-corrected chi connectivity index (χ1v) is 8.09. The molecule has 0 aliphatic heterocycles. The van der Waals surface area contributed by atoms with E-state index in [1.54, 1.807) is 0 Å². The first kappa shape index (κ1) is 15.5. The third kappa shape index (κ3) is 3.61. The summed E-state index contributed by atoms with van der Waals surface area (Å²) in [5, 5.41) is 0. The van der Waals surface area contributed by atoms with Crippen LogP contribution in [0, 0.1) is 9.62 Å². The normalized spacial score (nSPS) is 11.2. The lowest BCUT2D eigenvalue weighted by Crippen LogP contribution is -2.11. The Hall–Kier alpha value is -0.880. The summed E-state index contributed by atoms with van der Waals surface area (Å²) in [5.41, 5.74) is 2.42. The van der Waals surface area contributed by atoms with Crippen LogP contribution >= 0.6 is 22.6 Å². The molecule has 0 aliphatic rings. The van der Waals surface area contributed by atoms with E-state index in [2.05, 4.69) is 65.3 Å². The second-order valence-corrected chi connectivity index (χ2v) is 6.20. The number of halogens is 1. The van der Waals surface area contributed by atoms with E-state index in [0.717, 1.165) is 16.1 Å². The largest absolute Gasteiger partial charge is 0.374 e. The Labute approximate surface area is 134 Å². The summed E-state index contributed by atoms with van der Waals surface area (Å²) in [6.45, 7) is 8.72. The molecule has 0 aliphatic carbocycles. The van der Waals surface area contributed by atoms with Crippen LogP contribution in [-0.4, -0.2) is 16.2 Å². The van der Waals surface area contributed by atoms with Gasteiger partial charge in [-0.05, 0) is 35.4 Å². The van der Waals surface area contributed by atoms with Crippen LogP contribution < -0.4 is 0 Å². The summed E-state index contributed by atoms with van der Waals surface area (Å²) in [6, 6.07) is 10.5. The summed E-state index contributed by atoms with van der Waals surface area (Å²) < 4.78 is 8.91. The molecule has 4 heteroatoms. The molecule has 1 aromatic heterocycles. The van der Waals surface area contributed by atoms with E-state index in [0.29, 0.717) is 19.1 Å². The van der Waals surface area contributed by atoms with E-state index in [1.165, 1.54) is 11.3 Å². The minimum Gasteiger partial charge on any atom is -0.374 e. The maximum Gasteiger partial charge on any atom is 0.136 e. The molecule has 2 aromatic rings. The number of hydrogen-bond donors (Lipinski definition) is 0. The number of benzene rings is 1. The molecule has 0 N–H and O–H groups in total. The van der Waals surface area contributed by atoms with Gasteiger partial charge in [0.1, 0.15) is 16.1 Å². The Morgan fingerprint density at radius 3 is 2.55 bits per heavy atom. The van der Waals surface area contributed by atoms with Gasteiger partial charge in [0.05, 0.1) is 5.69 Å². The van der Waals surface area contributed by atoms with Gasteiger partial charge in [-0.1, -0.05) is 44.2 Å². The highest BCUT2D eigenvalue weighted by molar-refractivity contribution is 14.1. The Morgan fingerprint density at radius 2 is 1.95 bits per heavy atom. The highest BCUT2D eigenvalue weighted by atomic mass is 127. The standard InChI is InChI=1S/C16H21IN2O/c1-4-20-11-14-18-16(17)15(19(14)10-12(2)3)13-8-6-5-7-9-13/h5-9,12H,4,10-11H2,1-3H3. The Bertz CT molecular complexity index is 549. The molecule has 3 nitrogen and oxygen atoms in total. The van der Waals surface area contributed by atoms with Gasteiger partial charge in [-0.25, -0.2) is 4.98 Å². The number of ether oxygens (including phenoxy) is 1. The number of hydrogen-bond acceptors (Lipinski definition) is 2. The van der Waals surface area contributed by atoms with E-state index in [1.807, 2.05) is 13.0 Å². The smallest absolute Gasteiger partial charge is 0.136 e. The average Bonchev–Trinajstić information content (AvgIpc) is 2.73. The highest BCUT2D eigenvalue weighted by Gasteiger charge is 2.17. The van der Waals surface area contributed by atoms with E-state index >= 15 is 0 Å². The second kappa shape index (κ2) is 7.22. The van der Waals surface area contributed by atoms with Gasteiger partial charge in [-0.15, -0.1) is 0 Å². The molecule has 1 heterocycles. The number of rotatable bonds is 6. The fourth-order valence-corrected chi connectivity index (χ4v) is 3.08. The molecular weight excluding hydrogens is 363 g/mol. The predicted molar refractivity (Wildman–Crippen MR) is 90.5 cm³/mol. The van der Waals surface area contributed by atoms with Crippen molar-refractivity contribution in [3.8, 4) is 11.3 Å². The van der Waals surface area contributed by atoms with Crippen molar-refractivity contribution >= 4 is 22.6 Å². The molecule has 0 amide bonds. The van der Waals surface area contributed by atoms with Crippen molar-refractivity contribution in [1.82, 2.24) is 9.55 Å². The first-order chi connectivity index (χ1) is 9.63. The van der Waals surface area contributed by atoms with Gasteiger partial charge in [-0.3, -0.25) is 0 Å². The van der Waals surface area contributed by atoms with Gasteiger partial charge in [0.15, 0.2) is 0 Å². The third-order valence-electron chi connectivity index (χ3n) is 3.03. The average molecular weight is 384 g/mol. The van der Waals surface area contributed by atoms with Crippen molar-refractivity contribution in [1.29, 1.82) is 0 Å². The Kier molecular flexibility index (Phi) is 5.60. The second-order valence-electron chi connectivity index (χ2n) is 5.18. The minimum absolute atomic E-state index is 0.572. The summed E-state index contributed by atoms with van der Waals surface area (Å²) in [4.78, 5) is 4.70. The molecule has 1 aromatic carbocycles. The molecule has 0 bridgehead atoms. The Balaban J connectivity index is 2.46. The Morgan fingerprint density at radius 1 is 1.25 bits per heavy atom. The zero-order chi connectivity index (χ0) is 14.5. The van der Waals surface area contributed by atoms with Gasteiger partial charge >= 0.3 is 0 Å². The van der Waals surface area contributed by atoms with Crippen molar-refractivity contribution in [2.75, 3.05) is 6.61 Å². The lowest BCUT2D eigenvalue weighted by Gasteiger charge is -2.14. The maximum absolute atomic E-state index is 5.56. The molecule has 0 fully saturated rings. The van der Waals surface area contributed by atoms with Crippen LogP contribution in [0.4, 0.5) is 0 Å². The van der Waals surface area contributed by atoms with E-state index in [9.17, 15) is 0 Å². The summed E-state index contributed by atoms with van der Waals surface area (Å²) >= 11 is 2.32. The molecule has 0 unspecified atom stereocenters. The number of nitrogens with zero attached hydrogens (tertiary/aromatic N) is 2. The lowest BCUT2D eigenvalue weighted by molar-refractivity contribution is 0.125. The molecule has 108 valence electrons. The van der Waals surface area contributed by atoms with Crippen LogP contribution in [0.2, 0.25) is 0 Å². The topological polar surface area (TPSA) is 27.1 Å². The van der Waals surface area contributed by atoms with Crippen molar-refractivity contribution < 1.29 is 4.74 Å². The van der Waals surface area contributed by atoms with E-state index in [4.69, 9.17) is 9.72 Å². The quantitative estimate of drug-likeness (QED) is 0.693. The monoisotopic (exact) mass is 384 g/mol. The van der Waals surface area contributed by atoms with Crippen molar-refractivity contribution in [2.45, 2.75) is 33.9 Å². The minimum atomic E-state index is 0.572. The van der Waals surface area contributed by atoms with Gasteiger partial charge in [0, 0.05) is 18.7 Å². The van der Waals surface area contributed by atoms with Gasteiger partial charge < -0.3 is 9.30 Å². The third-order valence-corrected chi connectivity index (χ3v) is 3.79. The molecular formula is C16H21IN2O. The molecule has 0 spiro atoms. The molecule has 0 atom stereocenters. The molecule has 2 rings (SSSR count). The predicted octanol–water partition coefficient (Wildman–Crippen LogP) is 4.35. The van der Waals surface area contributed by atoms with Crippen LogP contribution in [0.25, 0.3) is 11.3 Å². The van der Waals surface area contributed by atoms with E-state index < -0.39 is 0 Å². The highest BCUT2D eigenvalue weighted by Crippen LogP contribution is 2.27. The van der Waals surface area contributed by atoms with Crippen molar-refractivity contribution in [3.63, 3.8) is 0 Å². The zero-order valence-electron chi connectivity index (χ0n) is 12.3. The number of aromatic nitrogens is 2. The fourth-order valence-electron chi connectivity index (χ4n) is 2.20. The SMILES string of the molecule is CCOCc1nc(I)c(-c2ccccc2)n1CC(C)C. The zero-order valence-corrected chi connectivity index (χ0v) is 14.4. The molecule has 0 saturated heterocycles. The lowest BCUT2D eigenvalue weighted by atomic mass is 10.1. The summed E-state index contributed by atoms with van der Waals surface area (Å²) in [6.07, 6.45) is 0. The summed E-state index contributed by atoms with van der Waals surface area (Å²) in [5.74, 6) is 1.59. The van der Waals surface area contributed by atoms with Crippen LogP contribution in [0.3, 0.4) is 0 Å². The fraction of sp³-hybridized carbons (Fsp3) is 0.438. The summed E-state index contributed by atoms with van der Waals surface area (Å²) in [7, 11) is 0. The first-order valence-electron chi connectivity index (χ1n) is 7.01. The van der Waals surface area contributed by atoms with Crippen LogP contribution in [0.1, 0.15) is 26.6 Å². The van der Waals surface area contributed by atoms with Crippen LogP contribution in [-0.2, 0) is 17.9 Å². The van der Waals surface area contributed by atoms with Crippen LogP contribution in [0.5, 0.6) is 0 Å². The van der Waals surface area contributed by atoms with Gasteiger partial charge in [-0.2, -0.15) is 0 Å². The molecule has 20 heavy (non-hydrogen) atoms. The van der Waals surface area contributed by atoms with Crippen molar-refractivity contribution in [2.24, 2.45) is 5.92 Å². The molecule has 0 saturated carbocycles. The van der Waals surface area contributed by atoms with E-state index in [-0.39, 0.29) is 0 Å². The van der Waals surface area contributed by atoms with Crippen LogP contribution in [0.15, 0.2) is 30.3 Å². The van der Waals surface area contributed by atoms with Gasteiger partial charge in [0.2, 0.25) is 0 Å².